The van der Waals surface area contributed by atoms with Crippen molar-refractivity contribution in [3.63, 3.8) is 0 Å². The SMILES string of the molecule is CCCN(CCC)C(=O)C1CC1C(=O)Nc1ccccc1N1CCOCC1. The largest absolute Gasteiger partial charge is 0.378 e. The first-order valence-corrected chi connectivity index (χ1v) is 10.2. The highest BCUT2D eigenvalue weighted by atomic mass is 16.5. The standard InChI is InChI=1S/C21H31N3O3/c1-3-9-24(10-4-2)21(26)17-15-16(17)20(25)22-18-7-5-6-8-19(18)23-11-13-27-14-12-23/h5-8,16-17H,3-4,9-15H2,1-2H3,(H,22,25). The third-order valence-electron chi connectivity index (χ3n) is 5.26. The third-order valence-corrected chi connectivity index (χ3v) is 5.26. The van der Waals surface area contributed by atoms with Gasteiger partial charge in [-0.3, -0.25) is 9.59 Å². The van der Waals surface area contributed by atoms with Gasteiger partial charge in [-0.2, -0.15) is 0 Å². The van der Waals surface area contributed by atoms with Crippen molar-refractivity contribution in [1.82, 2.24) is 4.90 Å². The molecule has 1 aromatic carbocycles. The molecule has 2 fully saturated rings. The Hall–Kier alpha value is -2.08. The number of morpholine rings is 1. The van der Waals surface area contributed by atoms with Gasteiger partial charge in [-0.1, -0.05) is 26.0 Å². The summed E-state index contributed by atoms with van der Waals surface area (Å²) < 4.78 is 5.42. The van der Waals surface area contributed by atoms with Crippen molar-refractivity contribution >= 4 is 23.2 Å². The summed E-state index contributed by atoms with van der Waals surface area (Å²) in [5.41, 5.74) is 1.85. The van der Waals surface area contributed by atoms with Gasteiger partial charge in [-0.25, -0.2) is 0 Å². The molecule has 1 aromatic rings. The molecule has 0 aromatic heterocycles. The molecule has 1 saturated heterocycles. The Kier molecular flexibility index (Phi) is 6.72. The average Bonchev–Trinajstić information content (AvgIpc) is 3.49. The molecule has 148 valence electrons. The number of anilines is 2. The van der Waals surface area contributed by atoms with Crippen molar-refractivity contribution in [3.8, 4) is 0 Å². The lowest BCUT2D eigenvalue weighted by Crippen LogP contribution is -2.37. The minimum atomic E-state index is -0.202. The van der Waals surface area contributed by atoms with Crippen LogP contribution in [0.2, 0.25) is 0 Å². The zero-order valence-electron chi connectivity index (χ0n) is 16.4. The number of para-hydroxylation sites is 2. The molecule has 2 aliphatic rings. The maximum absolute atomic E-state index is 12.7. The number of hydrogen-bond acceptors (Lipinski definition) is 4. The Morgan fingerprint density at radius 3 is 2.44 bits per heavy atom. The fourth-order valence-electron chi connectivity index (χ4n) is 3.75. The normalized spacial score (nSPS) is 21.6. The highest BCUT2D eigenvalue weighted by Gasteiger charge is 2.49. The molecule has 1 N–H and O–H groups in total. The Balaban J connectivity index is 1.61. The van der Waals surface area contributed by atoms with E-state index in [-0.39, 0.29) is 23.7 Å². The third kappa shape index (κ3) is 4.80. The smallest absolute Gasteiger partial charge is 0.228 e. The van der Waals surface area contributed by atoms with Crippen LogP contribution in [0.1, 0.15) is 33.1 Å². The van der Waals surface area contributed by atoms with E-state index in [2.05, 4.69) is 24.1 Å². The highest BCUT2D eigenvalue weighted by Crippen LogP contribution is 2.41. The predicted octanol–water partition coefficient (Wildman–Crippen LogP) is 2.75. The summed E-state index contributed by atoms with van der Waals surface area (Å²) in [4.78, 5) is 29.6. The van der Waals surface area contributed by atoms with E-state index >= 15 is 0 Å². The van der Waals surface area contributed by atoms with Gasteiger partial charge in [0.25, 0.3) is 0 Å². The van der Waals surface area contributed by atoms with Crippen molar-refractivity contribution in [1.29, 1.82) is 0 Å². The van der Waals surface area contributed by atoms with Crippen LogP contribution < -0.4 is 10.2 Å². The number of nitrogens with one attached hydrogen (secondary N) is 1. The quantitative estimate of drug-likeness (QED) is 0.761. The fraction of sp³-hybridized carbons (Fsp3) is 0.619. The van der Waals surface area contributed by atoms with Crippen molar-refractivity contribution in [2.75, 3.05) is 49.6 Å². The van der Waals surface area contributed by atoms with Gasteiger partial charge in [0.1, 0.15) is 0 Å². The second-order valence-corrected chi connectivity index (χ2v) is 7.38. The molecule has 0 radical (unpaired) electrons. The number of rotatable bonds is 8. The fourth-order valence-corrected chi connectivity index (χ4v) is 3.75. The maximum Gasteiger partial charge on any atom is 0.228 e. The van der Waals surface area contributed by atoms with Gasteiger partial charge in [0.2, 0.25) is 11.8 Å². The number of hydrogen-bond donors (Lipinski definition) is 1. The zero-order chi connectivity index (χ0) is 19.2. The van der Waals surface area contributed by atoms with Crippen molar-refractivity contribution in [2.45, 2.75) is 33.1 Å². The maximum atomic E-state index is 12.7. The lowest BCUT2D eigenvalue weighted by molar-refractivity contribution is -0.134. The van der Waals surface area contributed by atoms with Gasteiger partial charge in [-0.15, -0.1) is 0 Å². The van der Waals surface area contributed by atoms with Crippen molar-refractivity contribution in [3.05, 3.63) is 24.3 Å². The van der Waals surface area contributed by atoms with Gasteiger partial charge in [0.05, 0.1) is 36.4 Å². The molecule has 2 unspecified atom stereocenters. The lowest BCUT2D eigenvalue weighted by atomic mass is 10.2. The molecule has 2 amide bonds. The van der Waals surface area contributed by atoms with Gasteiger partial charge in [-0.05, 0) is 31.4 Å². The Labute approximate surface area is 161 Å². The van der Waals surface area contributed by atoms with Crippen LogP contribution in [0.25, 0.3) is 0 Å². The van der Waals surface area contributed by atoms with Crippen LogP contribution >= 0.6 is 0 Å². The number of carbonyl (C=O) groups excluding carboxylic acids is 2. The lowest BCUT2D eigenvalue weighted by Gasteiger charge is -2.30. The predicted molar refractivity (Wildman–Crippen MR) is 107 cm³/mol. The van der Waals surface area contributed by atoms with Crippen LogP contribution in [-0.2, 0) is 14.3 Å². The first kappa shape index (κ1) is 19.7. The molecule has 1 heterocycles. The summed E-state index contributed by atoms with van der Waals surface area (Å²) in [6, 6.07) is 7.87. The summed E-state index contributed by atoms with van der Waals surface area (Å²) in [6.07, 6.45) is 2.55. The van der Waals surface area contributed by atoms with Gasteiger partial charge in [0.15, 0.2) is 0 Å². The number of amides is 2. The minimum Gasteiger partial charge on any atom is -0.378 e. The van der Waals surface area contributed by atoms with E-state index in [1.54, 1.807) is 0 Å². The summed E-state index contributed by atoms with van der Waals surface area (Å²) >= 11 is 0. The Bertz CT molecular complexity index is 652. The van der Waals surface area contributed by atoms with E-state index in [1.165, 1.54) is 0 Å². The Morgan fingerprint density at radius 1 is 1.11 bits per heavy atom. The van der Waals surface area contributed by atoms with Crippen molar-refractivity contribution < 1.29 is 14.3 Å². The molecule has 0 bridgehead atoms. The van der Waals surface area contributed by atoms with E-state index in [4.69, 9.17) is 4.74 Å². The second kappa shape index (κ2) is 9.22. The number of ether oxygens (including phenoxy) is 1. The van der Waals surface area contributed by atoms with E-state index in [0.29, 0.717) is 19.6 Å². The molecule has 1 saturated carbocycles. The molecule has 1 aliphatic heterocycles. The minimum absolute atomic E-state index is 0.0398. The van der Waals surface area contributed by atoms with Crippen molar-refractivity contribution in [2.24, 2.45) is 11.8 Å². The number of carbonyl (C=O) groups is 2. The summed E-state index contributed by atoms with van der Waals surface area (Å²) in [5, 5.41) is 3.07. The van der Waals surface area contributed by atoms with Crippen LogP contribution in [0.3, 0.4) is 0 Å². The van der Waals surface area contributed by atoms with E-state index in [1.807, 2.05) is 29.2 Å². The van der Waals surface area contributed by atoms with Crippen LogP contribution in [-0.4, -0.2) is 56.1 Å². The number of nitrogens with zero attached hydrogens (tertiary/aromatic N) is 2. The average molecular weight is 373 g/mol. The summed E-state index contributed by atoms with van der Waals surface area (Å²) in [6.45, 7) is 8.75. The molecular weight excluding hydrogens is 342 g/mol. The molecule has 27 heavy (non-hydrogen) atoms. The van der Waals surface area contributed by atoms with Crippen LogP contribution in [0, 0.1) is 11.8 Å². The molecular formula is C21H31N3O3. The van der Waals surface area contributed by atoms with Gasteiger partial charge >= 0.3 is 0 Å². The van der Waals surface area contributed by atoms with Crippen LogP contribution in [0.4, 0.5) is 11.4 Å². The monoisotopic (exact) mass is 373 g/mol. The molecule has 2 atom stereocenters. The second-order valence-electron chi connectivity index (χ2n) is 7.38. The number of benzene rings is 1. The van der Waals surface area contributed by atoms with E-state index in [9.17, 15) is 9.59 Å². The zero-order valence-corrected chi connectivity index (χ0v) is 16.4. The van der Waals surface area contributed by atoms with Crippen LogP contribution in [0.5, 0.6) is 0 Å². The molecule has 6 heteroatoms. The first-order chi connectivity index (χ1) is 13.2. The van der Waals surface area contributed by atoms with Gasteiger partial charge in [0, 0.05) is 26.2 Å². The van der Waals surface area contributed by atoms with E-state index in [0.717, 1.165) is 50.4 Å². The van der Waals surface area contributed by atoms with E-state index < -0.39 is 0 Å². The summed E-state index contributed by atoms with van der Waals surface area (Å²) in [7, 11) is 0. The highest BCUT2D eigenvalue weighted by molar-refractivity contribution is 6.01. The molecule has 0 spiro atoms. The topological polar surface area (TPSA) is 61.9 Å². The molecule has 3 rings (SSSR count). The molecule has 1 aliphatic carbocycles. The van der Waals surface area contributed by atoms with Gasteiger partial charge < -0.3 is 19.9 Å². The molecule has 6 nitrogen and oxygen atoms in total. The Morgan fingerprint density at radius 2 is 1.78 bits per heavy atom. The first-order valence-electron chi connectivity index (χ1n) is 10.2. The van der Waals surface area contributed by atoms with Crippen LogP contribution in [0.15, 0.2) is 24.3 Å². The summed E-state index contributed by atoms with van der Waals surface area (Å²) in [5.74, 6) is -0.257.